The molecule has 288 valence electrons. The van der Waals surface area contributed by atoms with E-state index in [1.807, 2.05) is 86.6 Å². The lowest BCUT2D eigenvalue weighted by molar-refractivity contribution is 0.101. The molecule has 0 unspecified atom stereocenters. The fourth-order valence-corrected chi connectivity index (χ4v) is 5.99. The van der Waals surface area contributed by atoms with Gasteiger partial charge in [-0.2, -0.15) is 0 Å². The predicted octanol–water partition coefficient (Wildman–Crippen LogP) is 9.79. The van der Waals surface area contributed by atoms with E-state index in [-0.39, 0.29) is 11.8 Å². The molecule has 0 radical (unpaired) electrons. The average Bonchev–Trinajstić information content (AvgIpc) is 3.27. The molecule has 0 fully saturated rings. The Bertz CT molecular complexity index is 2560. The quantitative estimate of drug-likeness (QED) is 0.0932. The van der Waals surface area contributed by atoms with E-state index < -0.39 is 0 Å². The van der Waals surface area contributed by atoms with E-state index in [0.29, 0.717) is 57.3 Å². The lowest BCUT2D eigenvalue weighted by atomic mass is 10.1. The Morgan fingerprint density at radius 3 is 1.36 bits per heavy atom. The molecule has 0 saturated carbocycles. The zero-order valence-electron chi connectivity index (χ0n) is 31.9. The van der Waals surface area contributed by atoms with Crippen molar-refractivity contribution in [1.82, 2.24) is 29.9 Å². The van der Waals surface area contributed by atoms with Gasteiger partial charge in [0.25, 0.3) is 11.8 Å². The molecule has 4 heterocycles. The number of amides is 2. The Morgan fingerprint density at radius 1 is 0.508 bits per heavy atom. The van der Waals surface area contributed by atoms with E-state index in [1.54, 1.807) is 85.7 Å². The van der Waals surface area contributed by atoms with Crippen LogP contribution >= 0.6 is 0 Å². The van der Waals surface area contributed by atoms with E-state index >= 15 is 0 Å². The van der Waals surface area contributed by atoms with Crippen LogP contribution in [0.4, 0.5) is 34.6 Å². The van der Waals surface area contributed by atoms with Crippen LogP contribution in [-0.2, 0) is 0 Å². The van der Waals surface area contributed by atoms with Crippen LogP contribution in [0.2, 0.25) is 0 Å². The van der Waals surface area contributed by atoms with Crippen LogP contribution in [0.25, 0.3) is 22.5 Å². The van der Waals surface area contributed by atoms with Crippen molar-refractivity contribution in [3.63, 3.8) is 0 Å². The van der Waals surface area contributed by atoms with Gasteiger partial charge in [0.05, 0.1) is 11.4 Å². The summed E-state index contributed by atoms with van der Waals surface area (Å²) < 4.78 is 6.03. The van der Waals surface area contributed by atoms with Crippen LogP contribution in [-0.4, -0.2) is 41.7 Å². The molecule has 0 saturated heterocycles. The summed E-state index contributed by atoms with van der Waals surface area (Å²) >= 11 is 0. The van der Waals surface area contributed by atoms with Gasteiger partial charge in [0, 0.05) is 82.2 Å². The number of hydrogen-bond donors (Lipinski definition) is 4. The molecule has 0 atom stereocenters. The zero-order chi connectivity index (χ0) is 40.6. The van der Waals surface area contributed by atoms with Gasteiger partial charge in [0.15, 0.2) is 0 Å². The molecule has 13 nitrogen and oxygen atoms in total. The van der Waals surface area contributed by atoms with Crippen molar-refractivity contribution < 1.29 is 14.3 Å². The number of anilines is 6. The van der Waals surface area contributed by atoms with Crippen molar-refractivity contribution in [2.45, 2.75) is 13.8 Å². The van der Waals surface area contributed by atoms with E-state index in [9.17, 15) is 9.59 Å². The Kier molecular flexibility index (Phi) is 11.0. The monoisotopic (exact) mass is 776 g/mol. The molecule has 8 rings (SSSR count). The van der Waals surface area contributed by atoms with Crippen LogP contribution in [0.5, 0.6) is 11.5 Å². The van der Waals surface area contributed by atoms with Crippen LogP contribution in [0.1, 0.15) is 31.8 Å². The van der Waals surface area contributed by atoms with Crippen molar-refractivity contribution in [3.05, 3.63) is 181 Å². The number of nitrogens with zero attached hydrogens (tertiary/aromatic N) is 6. The molecule has 13 heteroatoms. The Morgan fingerprint density at radius 2 is 0.949 bits per heavy atom. The molecule has 8 aromatic rings. The fourth-order valence-electron chi connectivity index (χ4n) is 5.99. The third-order valence-electron chi connectivity index (χ3n) is 9.18. The molecule has 0 bridgehead atoms. The topological polar surface area (TPSA) is 169 Å². The highest BCUT2D eigenvalue weighted by Gasteiger charge is 2.13. The number of aromatic nitrogens is 6. The first-order valence-corrected chi connectivity index (χ1v) is 18.6. The minimum absolute atomic E-state index is 0.276. The van der Waals surface area contributed by atoms with Crippen molar-refractivity contribution in [2.75, 3.05) is 21.3 Å². The van der Waals surface area contributed by atoms with Gasteiger partial charge in [0.1, 0.15) is 11.5 Å². The smallest absolute Gasteiger partial charge is 0.255 e. The maximum Gasteiger partial charge on any atom is 0.255 e. The van der Waals surface area contributed by atoms with Crippen LogP contribution in [0.3, 0.4) is 0 Å². The summed E-state index contributed by atoms with van der Waals surface area (Å²) in [5.74, 6) is 1.35. The number of nitrogens with one attached hydrogen (secondary N) is 4. The standard InChI is InChI=1S/C46H36N10O3/c1-29-7-13-35(51-45-49-23-19-39(55-45)33-5-3-21-47-27-33)25-41(29)53-43(57)31-9-15-37(16-10-31)59-38-17-11-32(12-18-38)44(58)54-42-26-36(14-8-30(42)2)52-46-50-24-20-40(56-46)34-6-4-22-48-28-34/h3-28H,1-2H3,(H,53,57)(H,54,58)(H,49,51,55)(H,50,52,56). The second-order valence-electron chi connectivity index (χ2n) is 13.4. The molecule has 0 spiro atoms. The highest BCUT2D eigenvalue weighted by Crippen LogP contribution is 2.28. The lowest BCUT2D eigenvalue weighted by Crippen LogP contribution is -2.13. The maximum atomic E-state index is 13.3. The third kappa shape index (κ3) is 9.39. The number of carbonyl (C=O) groups is 2. The Hall–Kier alpha value is -8.32. The largest absolute Gasteiger partial charge is 0.457 e. The van der Waals surface area contributed by atoms with Gasteiger partial charge in [-0.1, -0.05) is 12.1 Å². The lowest BCUT2D eigenvalue weighted by Gasteiger charge is -2.13. The van der Waals surface area contributed by atoms with Gasteiger partial charge in [-0.05, 0) is 134 Å². The van der Waals surface area contributed by atoms with Gasteiger partial charge in [-0.15, -0.1) is 0 Å². The summed E-state index contributed by atoms with van der Waals surface area (Å²) in [4.78, 5) is 52.8. The van der Waals surface area contributed by atoms with Gasteiger partial charge in [-0.25, -0.2) is 19.9 Å². The highest BCUT2D eigenvalue weighted by atomic mass is 16.5. The number of pyridine rings is 2. The van der Waals surface area contributed by atoms with Gasteiger partial charge >= 0.3 is 0 Å². The molecule has 59 heavy (non-hydrogen) atoms. The summed E-state index contributed by atoms with van der Waals surface area (Å²) in [6.07, 6.45) is 10.3. The number of rotatable bonds is 12. The minimum Gasteiger partial charge on any atom is -0.457 e. The second-order valence-corrected chi connectivity index (χ2v) is 13.4. The van der Waals surface area contributed by atoms with Crippen molar-refractivity contribution in [2.24, 2.45) is 0 Å². The molecule has 0 aliphatic rings. The van der Waals surface area contributed by atoms with Crippen LogP contribution in [0.15, 0.2) is 159 Å². The summed E-state index contributed by atoms with van der Waals surface area (Å²) in [6, 6.07) is 36.2. The summed E-state index contributed by atoms with van der Waals surface area (Å²) in [6.45, 7) is 3.84. The Balaban J connectivity index is 0.860. The number of ether oxygens (including phenoxy) is 1. The van der Waals surface area contributed by atoms with Gasteiger partial charge < -0.3 is 26.0 Å². The molecule has 0 aliphatic heterocycles. The zero-order valence-corrected chi connectivity index (χ0v) is 31.9. The van der Waals surface area contributed by atoms with E-state index in [4.69, 9.17) is 4.74 Å². The van der Waals surface area contributed by atoms with Gasteiger partial charge in [0.2, 0.25) is 11.9 Å². The first-order chi connectivity index (χ1) is 28.8. The molecule has 4 N–H and O–H groups in total. The predicted molar refractivity (Wildman–Crippen MR) is 228 cm³/mol. The molecule has 4 aromatic heterocycles. The van der Waals surface area contributed by atoms with Crippen molar-refractivity contribution >= 4 is 46.5 Å². The first kappa shape index (κ1) is 37.6. The summed E-state index contributed by atoms with van der Waals surface area (Å²) in [5, 5.41) is 12.4. The van der Waals surface area contributed by atoms with Crippen LogP contribution in [0, 0.1) is 13.8 Å². The van der Waals surface area contributed by atoms with E-state index in [1.165, 1.54) is 0 Å². The number of aryl methyl sites for hydroxylation is 2. The molecule has 0 aliphatic carbocycles. The molecule has 4 aromatic carbocycles. The Labute approximate surface area is 339 Å². The van der Waals surface area contributed by atoms with Gasteiger partial charge in [-0.3, -0.25) is 19.6 Å². The van der Waals surface area contributed by atoms with Crippen LogP contribution < -0.4 is 26.0 Å². The second kappa shape index (κ2) is 17.2. The van der Waals surface area contributed by atoms with Crippen molar-refractivity contribution in [3.8, 4) is 34.0 Å². The number of benzene rings is 4. The molecular formula is C46H36N10O3. The normalized spacial score (nSPS) is 10.7. The maximum absolute atomic E-state index is 13.3. The number of hydrogen-bond acceptors (Lipinski definition) is 11. The van der Waals surface area contributed by atoms with E-state index in [2.05, 4.69) is 51.2 Å². The van der Waals surface area contributed by atoms with E-state index in [0.717, 1.165) is 33.6 Å². The first-order valence-electron chi connectivity index (χ1n) is 18.6. The SMILES string of the molecule is Cc1ccc(Nc2nccc(-c3cccnc3)n2)cc1NC(=O)c1ccc(Oc2ccc(C(=O)Nc3cc(Nc4nccc(-c5cccnc5)n4)ccc3C)cc2)cc1. The summed E-state index contributed by atoms with van der Waals surface area (Å²) in [5.41, 5.74) is 8.64. The minimum atomic E-state index is -0.276. The third-order valence-corrected chi connectivity index (χ3v) is 9.18. The average molecular weight is 777 g/mol. The molecular weight excluding hydrogens is 741 g/mol. The molecule has 2 amide bonds. The fraction of sp³-hybridized carbons (Fsp3) is 0.0435. The van der Waals surface area contributed by atoms with Crippen molar-refractivity contribution in [1.29, 1.82) is 0 Å². The number of carbonyl (C=O) groups excluding carboxylic acids is 2. The highest BCUT2D eigenvalue weighted by molar-refractivity contribution is 6.05. The summed E-state index contributed by atoms with van der Waals surface area (Å²) in [7, 11) is 0.